The summed E-state index contributed by atoms with van der Waals surface area (Å²) in [6, 6.07) is -0.273. The second kappa shape index (κ2) is 6.24. The van der Waals surface area contributed by atoms with Crippen LogP contribution in [0.15, 0.2) is 0 Å². The first kappa shape index (κ1) is 14.7. The van der Waals surface area contributed by atoms with E-state index in [0.29, 0.717) is 24.9 Å². The van der Waals surface area contributed by atoms with E-state index in [0.717, 1.165) is 38.6 Å². The van der Waals surface area contributed by atoms with E-state index < -0.39 is 12.0 Å². The molecule has 0 bridgehead atoms. The Morgan fingerprint density at radius 3 is 2.38 bits per heavy atom. The summed E-state index contributed by atoms with van der Waals surface area (Å²) >= 11 is 0. The number of rotatable bonds is 1. The number of carbonyl (C=O) groups excluding carboxylic acids is 1. The lowest BCUT2D eigenvalue weighted by Crippen LogP contribution is -2.52. The maximum absolute atomic E-state index is 12.9. The quantitative estimate of drug-likeness (QED) is 0.809. The van der Waals surface area contributed by atoms with Crippen molar-refractivity contribution in [3.8, 4) is 0 Å². The molecule has 2 saturated heterocycles. The van der Waals surface area contributed by atoms with Crippen LogP contribution in [0, 0.1) is 5.92 Å². The number of amides is 2. The lowest BCUT2D eigenvalue weighted by molar-refractivity contribution is -0.142. The highest BCUT2D eigenvalue weighted by molar-refractivity contribution is 5.83. The zero-order valence-electron chi connectivity index (χ0n) is 12.7. The Balaban J connectivity index is 1.74. The molecule has 3 rings (SSSR count). The summed E-state index contributed by atoms with van der Waals surface area (Å²) < 4.78 is 0. The van der Waals surface area contributed by atoms with E-state index in [9.17, 15) is 14.7 Å². The number of likely N-dealkylation sites (tertiary alicyclic amines) is 2. The third kappa shape index (κ3) is 2.87. The van der Waals surface area contributed by atoms with Gasteiger partial charge in [-0.05, 0) is 38.0 Å². The van der Waals surface area contributed by atoms with Gasteiger partial charge in [0.05, 0.1) is 0 Å². The van der Waals surface area contributed by atoms with E-state index in [2.05, 4.69) is 0 Å². The first-order chi connectivity index (χ1) is 10.2. The number of hydrogen-bond donors (Lipinski definition) is 1. The highest BCUT2D eigenvalue weighted by Gasteiger charge is 2.42. The fraction of sp³-hybridized carbons (Fsp3) is 0.875. The van der Waals surface area contributed by atoms with Gasteiger partial charge in [0.25, 0.3) is 0 Å². The molecule has 3 unspecified atom stereocenters. The van der Waals surface area contributed by atoms with Crippen molar-refractivity contribution in [2.45, 2.75) is 69.9 Å². The number of carboxylic acids is 1. The van der Waals surface area contributed by atoms with E-state index in [1.807, 2.05) is 4.90 Å². The highest BCUT2D eigenvalue weighted by atomic mass is 16.4. The molecule has 5 nitrogen and oxygen atoms in total. The maximum Gasteiger partial charge on any atom is 0.326 e. The molecule has 5 heteroatoms. The molecule has 1 saturated carbocycles. The van der Waals surface area contributed by atoms with Crippen molar-refractivity contribution in [3.63, 3.8) is 0 Å². The number of carbonyl (C=O) groups is 2. The van der Waals surface area contributed by atoms with Gasteiger partial charge in [0.15, 0.2) is 0 Å². The molecule has 2 heterocycles. The standard InChI is InChI=1S/C16H26N2O3/c19-15(20)14-8-2-1-5-10-17(14)16(21)18-11-9-12-6-3-4-7-13(12)18/h12-14H,1-11H2,(H,19,20). The Morgan fingerprint density at radius 2 is 1.57 bits per heavy atom. The maximum atomic E-state index is 12.9. The lowest BCUT2D eigenvalue weighted by Gasteiger charge is -2.37. The van der Waals surface area contributed by atoms with Crippen molar-refractivity contribution >= 4 is 12.0 Å². The SMILES string of the molecule is O=C(O)C1CCCCCN1C(=O)N1CCC2CCCCC21. The van der Waals surface area contributed by atoms with Gasteiger partial charge in [-0.15, -0.1) is 0 Å². The largest absolute Gasteiger partial charge is 0.480 e. The molecule has 3 atom stereocenters. The summed E-state index contributed by atoms with van der Waals surface area (Å²) in [6.07, 6.45) is 9.38. The highest BCUT2D eigenvalue weighted by Crippen LogP contribution is 2.37. The number of nitrogens with zero attached hydrogens (tertiary/aromatic N) is 2. The summed E-state index contributed by atoms with van der Waals surface area (Å²) in [7, 11) is 0. The topological polar surface area (TPSA) is 60.9 Å². The molecule has 0 aromatic rings. The molecule has 21 heavy (non-hydrogen) atoms. The molecular weight excluding hydrogens is 268 g/mol. The molecule has 2 aliphatic heterocycles. The molecule has 1 aliphatic carbocycles. The van der Waals surface area contributed by atoms with Gasteiger partial charge in [-0.3, -0.25) is 0 Å². The van der Waals surface area contributed by atoms with Crippen LogP contribution < -0.4 is 0 Å². The molecule has 0 spiro atoms. The summed E-state index contributed by atoms with van der Waals surface area (Å²) in [5, 5.41) is 9.45. The average molecular weight is 294 g/mol. The molecule has 2 amide bonds. The second-order valence-electron chi connectivity index (χ2n) is 6.77. The number of aliphatic carboxylic acids is 1. The number of urea groups is 1. The molecule has 118 valence electrons. The minimum Gasteiger partial charge on any atom is -0.480 e. The van der Waals surface area contributed by atoms with Crippen molar-refractivity contribution in [1.82, 2.24) is 9.80 Å². The van der Waals surface area contributed by atoms with E-state index in [1.165, 1.54) is 19.3 Å². The van der Waals surface area contributed by atoms with E-state index >= 15 is 0 Å². The third-order valence-electron chi connectivity index (χ3n) is 5.54. The van der Waals surface area contributed by atoms with Gasteiger partial charge in [-0.25, -0.2) is 9.59 Å². The minimum absolute atomic E-state index is 0.0151. The Morgan fingerprint density at radius 1 is 0.810 bits per heavy atom. The van der Waals surface area contributed by atoms with E-state index in [1.54, 1.807) is 4.90 Å². The van der Waals surface area contributed by atoms with Crippen molar-refractivity contribution in [2.75, 3.05) is 13.1 Å². The van der Waals surface area contributed by atoms with Gasteiger partial charge >= 0.3 is 12.0 Å². The van der Waals surface area contributed by atoms with Gasteiger partial charge in [-0.1, -0.05) is 25.7 Å². The van der Waals surface area contributed by atoms with Gasteiger partial charge in [0, 0.05) is 19.1 Å². The van der Waals surface area contributed by atoms with Crippen molar-refractivity contribution in [2.24, 2.45) is 5.92 Å². The lowest BCUT2D eigenvalue weighted by atomic mass is 9.85. The zero-order valence-corrected chi connectivity index (χ0v) is 12.7. The van der Waals surface area contributed by atoms with Crippen LogP contribution in [0.2, 0.25) is 0 Å². The third-order valence-corrected chi connectivity index (χ3v) is 5.54. The Kier molecular flexibility index (Phi) is 4.36. The van der Waals surface area contributed by atoms with Crippen molar-refractivity contribution < 1.29 is 14.7 Å². The Hall–Kier alpha value is -1.26. The van der Waals surface area contributed by atoms with Crippen molar-refractivity contribution in [3.05, 3.63) is 0 Å². The normalized spacial score (nSPS) is 33.4. The number of fused-ring (bicyclic) bond motifs is 1. The minimum atomic E-state index is -0.843. The molecule has 3 aliphatic rings. The molecule has 0 radical (unpaired) electrons. The van der Waals surface area contributed by atoms with Crippen LogP contribution in [0.25, 0.3) is 0 Å². The second-order valence-corrected chi connectivity index (χ2v) is 6.77. The smallest absolute Gasteiger partial charge is 0.326 e. The summed E-state index contributed by atoms with van der Waals surface area (Å²) in [5.41, 5.74) is 0. The van der Waals surface area contributed by atoms with Crippen LogP contribution in [-0.4, -0.2) is 52.1 Å². The van der Waals surface area contributed by atoms with Crippen LogP contribution >= 0.6 is 0 Å². The van der Waals surface area contributed by atoms with Crippen LogP contribution in [0.3, 0.4) is 0 Å². The molecule has 0 aromatic heterocycles. The average Bonchev–Trinajstić information content (AvgIpc) is 2.75. The van der Waals surface area contributed by atoms with Crippen LogP contribution in [-0.2, 0) is 4.79 Å². The van der Waals surface area contributed by atoms with Gasteiger partial charge < -0.3 is 14.9 Å². The first-order valence-corrected chi connectivity index (χ1v) is 8.48. The first-order valence-electron chi connectivity index (χ1n) is 8.48. The summed E-state index contributed by atoms with van der Waals surface area (Å²) in [6.45, 7) is 1.42. The predicted octanol–water partition coefficient (Wildman–Crippen LogP) is 2.70. The van der Waals surface area contributed by atoms with Crippen LogP contribution in [0.5, 0.6) is 0 Å². The molecular formula is C16H26N2O3. The van der Waals surface area contributed by atoms with E-state index in [4.69, 9.17) is 0 Å². The van der Waals surface area contributed by atoms with Crippen LogP contribution in [0.1, 0.15) is 57.8 Å². The van der Waals surface area contributed by atoms with Gasteiger partial charge in [0.1, 0.15) is 6.04 Å². The Labute approximate surface area is 126 Å². The molecule has 3 fully saturated rings. The summed E-state index contributed by atoms with van der Waals surface area (Å²) in [4.78, 5) is 28.1. The zero-order chi connectivity index (χ0) is 14.8. The van der Waals surface area contributed by atoms with Gasteiger partial charge in [0.2, 0.25) is 0 Å². The molecule has 0 aromatic carbocycles. The predicted molar refractivity (Wildman–Crippen MR) is 79.1 cm³/mol. The fourth-order valence-corrected chi connectivity index (χ4v) is 4.40. The Bertz CT molecular complexity index is 412. The number of carboxylic acid groups (broad SMARTS) is 1. The van der Waals surface area contributed by atoms with Crippen molar-refractivity contribution in [1.29, 1.82) is 0 Å². The fourth-order valence-electron chi connectivity index (χ4n) is 4.40. The summed E-state index contributed by atoms with van der Waals surface area (Å²) in [5.74, 6) is -0.192. The number of hydrogen-bond acceptors (Lipinski definition) is 2. The van der Waals surface area contributed by atoms with E-state index in [-0.39, 0.29) is 6.03 Å². The molecule has 1 N–H and O–H groups in total. The van der Waals surface area contributed by atoms with Crippen LogP contribution in [0.4, 0.5) is 4.79 Å². The monoisotopic (exact) mass is 294 g/mol. The van der Waals surface area contributed by atoms with Gasteiger partial charge in [-0.2, -0.15) is 0 Å².